The topological polar surface area (TPSA) is 35.5 Å². The lowest BCUT2D eigenvalue weighted by molar-refractivity contribution is 0.110. The van der Waals surface area contributed by atoms with Gasteiger partial charge in [-0.05, 0) is 17.7 Å². The Balaban J connectivity index is 0.00000144. The van der Waals surface area contributed by atoms with Crippen molar-refractivity contribution < 1.29 is 9.50 Å². The van der Waals surface area contributed by atoms with Crippen molar-refractivity contribution in [2.75, 3.05) is 32.8 Å². The van der Waals surface area contributed by atoms with Gasteiger partial charge in [0.2, 0.25) is 0 Å². The highest BCUT2D eigenvalue weighted by Gasteiger charge is 2.21. The van der Waals surface area contributed by atoms with Crippen molar-refractivity contribution in [3.63, 3.8) is 0 Å². The fraction of sp³-hybridized carbons (Fsp3) is 0.500. The van der Waals surface area contributed by atoms with Crippen LogP contribution < -0.4 is 5.32 Å². The number of halogens is 3. The Morgan fingerprint density at radius 2 is 1.94 bits per heavy atom. The summed E-state index contributed by atoms with van der Waals surface area (Å²) in [6, 6.07) is 6.40. The minimum atomic E-state index is -0.244. The predicted octanol–water partition coefficient (Wildman–Crippen LogP) is 1.61. The van der Waals surface area contributed by atoms with Crippen molar-refractivity contribution in [3.8, 4) is 0 Å². The fourth-order valence-electron chi connectivity index (χ4n) is 2.14. The maximum Gasteiger partial charge on any atom is 0.123 e. The van der Waals surface area contributed by atoms with Crippen LogP contribution in [0.2, 0.25) is 0 Å². The third-order valence-corrected chi connectivity index (χ3v) is 3.00. The smallest absolute Gasteiger partial charge is 0.123 e. The molecule has 104 valence electrons. The second kappa shape index (κ2) is 8.67. The molecule has 1 saturated heterocycles. The molecular weight excluding hydrogens is 278 g/mol. The quantitative estimate of drug-likeness (QED) is 0.890. The number of rotatable bonds is 3. The molecule has 0 amide bonds. The lowest BCUT2D eigenvalue weighted by Gasteiger charge is -2.34. The number of piperazine rings is 1. The largest absolute Gasteiger partial charge is 0.394 e. The zero-order valence-electron chi connectivity index (χ0n) is 10.0. The summed E-state index contributed by atoms with van der Waals surface area (Å²) in [7, 11) is 0. The van der Waals surface area contributed by atoms with Crippen LogP contribution in [0.5, 0.6) is 0 Å². The number of aliphatic hydroxyl groups is 1. The minimum absolute atomic E-state index is 0. The van der Waals surface area contributed by atoms with Gasteiger partial charge in [-0.25, -0.2) is 4.39 Å². The molecule has 0 aliphatic carbocycles. The summed E-state index contributed by atoms with van der Waals surface area (Å²) >= 11 is 0. The first kappa shape index (κ1) is 17.6. The third kappa shape index (κ3) is 4.37. The highest BCUT2D eigenvalue weighted by molar-refractivity contribution is 5.85. The first-order valence-electron chi connectivity index (χ1n) is 5.62. The first-order chi connectivity index (χ1) is 7.81. The molecule has 3 nitrogen and oxygen atoms in total. The molecule has 18 heavy (non-hydrogen) atoms. The molecule has 0 radical (unpaired) electrons. The van der Waals surface area contributed by atoms with Crippen molar-refractivity contribution in [1.29, 1.82) is 0 Å². The van der Waals surface area contributed by atoms with E-state index in [-0.39, 0.29) is 43.3 Å². The molecule has 0 aromatic heterocycles. The Morgan fingerprint density at radius 3 is 2.50 bits per heavy atom. The van der Waals surface area contributed by atoms with Crippen LogP contribution in [0.25, 0.3) is 0 Å². The predicted molar refractivity (Wildman–Crippen MR) is 75.2 cm³/mol. The number of nitrogens with zero attached hydrogens (tertiary/aromatic N) is 1. The molecule has 0 saturated carbocycles. The zero-order chi connectivity index (χ0) is 11.4. The van der Waals surface area contributed by atoms with Crippen molar-refractivity contribution in [2.24, 2.45) is 0 Å². The SMILES string of the molecule is Cl.Cl.OCC(c1cccc(F)c1)N1CCNCC1. The molecule has 1 aliphatic heterocycles. The lowest BCUT2D eigenvalue weighted by Crippen LogP contribution is -2.46. The Hall–Kier alpha value is -0.390. The van der Waals surface area contributed by atoms with Crippen LogP contribution in [0.15, 0.2) is 24.3 Å². The summed E-state index contributed by atoms with van der Waals surface area (Å²) in [6.45, 7) is 3.66. The average molecular weight is 297 g/mol. The van der Waals surface area contributed by atoms with E-state index in [2.05, 4.69) is 10.2 Å². The Bertz CT molecular complexity index is 349. The van der Waals surface area contributed by atoms with E-state index >= 15 is 0 Å². The van der Waals surface area contributed by atoms with Gasteiger partial charge in [-0.3, -0.25) is 4.90 Å². The average Bonchev–Trinajstić information content (AvgIpc) is 2.31. The Labute approximate surface area is 119 Å². The van der Waals surface area contributed by atoms with Gasteiger partial charge in [0.15, 0.2) is 0 Å². The molecule has 1 aromatic rings. The highest BCUT2D eigenvalue weighted by atomic mass is 35.5. The maximum atomic E-state index is 13.1. The number of hydrogen-bond donors (Lipinski definition) is 2. The molecule has 1 fully saturated rings. The van der Waals surface area contributed by atoms with Crippen LogP contribution in [0.3, 0.4) is 0 Å². The molecule has 2 N–H and O–H groups in total. The summed E-state index contributed by atoms with van der Waals surface area (Å²) in [5.41, 5.74) is 0.851. The summed E-state index contributed by atoms with van der Waals surface area (Å²) in [5.74, 6) is -0.244. The van der Waals surface area contributed by atoms with Gasteiger partial charge in [-0.1, -0.05) is 12.1 Å². The molecular formula is C12H19Cl2FN2O. The summed E-state index contributed by atoms with van der Waals surface area (Å²) in [6.07, 6.45) is 0. The third-order valence-electron chi connectivity index (χ3n) is 3.00. The van der Waals surface area contributed by atoms with Gasteiger partial charge in [0.05, 0.1) is 12.6 Å². The van der Waals surface area contributed by atoms with E-state index in [1.807, 2.05) is 6.07 Å². The second-order valence-electron chi connectivity index (χ2n) is 4.04. The van der Waals surface area contributed by atoms with Gasteiger partial charge in [0.1, 0.15) is 5.82 Å². The van der Waals surface area contributed by atoms with Gasteiger partial charge in [-0.2, -0.15) is 0 Å². The Morgan fingerprint density at radius 1 is 1.28 bits per heavy atom. The fourth-order valence-corrected chi connectivity index (χ4v) is 2.14. The molecule has 6 heteroatoms. The van der Waals surface area contributed by atoms with E-state index in [0.29, 0.717) is 0 Å². The van der Waals surface area contributed by atoms with Crippen LogP contribution in [0, 0.1) is 5.82 Å². The van der Waals surface area contributed by atoms with E-state index in [0.717, 1.165) is 31.7 Å². The van der Waals surface area contributed by atoms with Crippen molar-refractivity contribution in [2.45, 2.75) is 6.04 Å². The van der Waals surface area contributed by atoms with Crippen LogP contribution in [0.4, 0.5) is 4.39 Å². The van der Waals surface area contributed by atoms with Gasteiger partial charge >= 0.3 is 0 Å². The lowest BCUT2D eigenvalue weighted by atomic mass is 10.1. The Kier molecular flexibility index (Phi) is 8.48. The van der Waals surface area contributed by atoms with Crippen molar-refractivity contribution >= 4 is 24.8 Å². The van der Waals surface area contributed by atoms with Crippen LogP contribution in [0.1, 0.15) is 11.6 Å². The highest BCUT2D eigenvalue weighted by Crippen LogP contribution is 2.21. The molecule has 1 aliphatic rings. The summed E-state index contributed by atoms with van der Waals surface area (Å²) in [4.78, 5) is 2.19. The minimum Gasteiger partial charge on any atom is -0.394 e. The van der Waals surface area contributed by atoms with Crippen LogP contribution in [-0.2, 0) is 0 Å². The zero-order valence-corrected chi connectivity index (χ0v) is 11.6. The molecule has 1 heterocycles. The van der Waals surface area contributed by atoms with Crippen molar-refractivity contribution in [3.05, 3.63) is 35.6 Å². The molecule has 0 bridgehead atoms. The van der Waals surface area contributed by atoms with E-state index in [1.165, 1.54) is 12.1 Å². The maximum absolute atomic E-state index is 13.1. The number of nitrogens with one attached hydrogen (secondary N) is 1. The summed E-state index contributed by atoms with van der Waals surface area (Å²) in [5, 5.41) is 12.7. The second-order valence-corrected chi connectivity index (χ2v) is 4.04. The molecule has 1 unspecified atom stereocenters. The summed E-state index contributed by atoms with van der Waals surface area (Å²) < 4.78 is 13.1. The van der Waals surface area contributed by atoms with E-state index in [9.17, 15) is 9.50 Å². The molecule has 0 spiro atoms. The van der Waals surface area contributed by atoms with E-state index < -0.39 is 0 Å². The standard InChI is InChI=1S/C12H17FN2O.2ClH/c13-11-3-1-2-10(8-11)12(9-16)15-6-4-14-5-7-15;;/h1-3,8,12,14,16H,4-7,9H2;2*1H. The van der Waals surface area contributed by atoms with Crippen LogP contribution >= 0.6 is 24.8 Å². The molecule has 2 rings (SSSR count). The van der Waals surface area contributed by atoms with Gasteiger partial charge in [-0.15, -0.1) is 24.8 Å². The number of benzene rings is 1. The molecule has 1 aromatic carbocycles. The van der Waals surface area contributed by atoms with E-state index in [1.54, 1.807) is 6.07 Å². The van der Waals surface area contributed by atoms with Gasteiger partial charge in [0.25, 0.3) is 0 Å². The first-order valence-corrected chi connectivity index (χ1v) is 5.62. The normalized spacial score (nSPS) is 17.4. The monoisotopic (exact) mass is 296 g/mol. The van der Waals surface area contributed by atoms with Crippen LogP contribution in [-0.4, -0.2) is 42.8 Å². The number of aliphatic hydroxyl groups excluding tert-OH is 1. The molecule has 1 atom stereocenters. The van der Waals surface area contributed by atoms with Gasteiger partial charge < -0.3 is 10.4 Å². The number of hydrogen-bond acceptors (Lipinski definition) is 3. The van der Waals surface area contributed by atoms with Crippen molar-refractivity contribution in [1.82, 2.24) is 10.2 Å². The van der Waals surface area contributed by atoms with E-state index in [4.69, 9.17) is 0 Å². The van der Waals surface area contributed by atoms with Gasteiger partial charge in [0, 0.05) is 26.2 Å².